The molecule has 4 nitrogen and oxygen atoms in total. The number of fused-ring (bicyclic) bond motifs is 1. The number of likely N-dealkylation sites (tertiary alicyclic amines) is 1. The van der Waals surface area contributed by atoms with Gasteiger partial charge in [0.05, 0.1) is 0 Å². The van der Waals surface area contributed by atoms with Crippen LogP contribution in [0.25, 0.3) is 0 Å². The summed E-state index contributed by atoms with van der Waals surface area (Å²) in [5, 5.41) is 0. The monoisotopic (exact) mass is 348 g/mol. The second kappa shape index (κ2) is 6.94. The van der Waals surface area contributed by atoms with Crippen molar-refractivity contribution < 1.29 is 9.59 Å². The molecular formula is C22H24N2O2. The van der Waals surface area contributed by atoms with Crippen LogP contribution in [0, 0.1) is 0 Å². The molecule has 0 radical (unpaired) electrons. The van der Waals surface area contributed by atoms with Gasteiger partial charge in [0.15, 0.2) is 0 Å². The van der Waals surface area contributed by atoms with Crippen molar-refractivity contribution in [2.24, 2.45) is 0 Å². The fourth-order valence-corrected chi connectivity index (χ4v) is 4.23. The summed E-state index contributed by atoms with van der Waals surface area (Å²) < 4.78 is 0. The van der Waals surface area contributed by atoms with Gasteiger partial charge in [-0.05, 0) is 55.0 Å². The van der Waals surface area contributed by atoms with Gasteiger partial charge in [0.25, 0.3) is 5.91 Å². The van der Waals surface area contributed by atoms with E-state index in [2.05, 4.69) is 24.3 Å². The van der Waals surface area contributed by atoms with Crippen LogP contribution in [0.4, 0.5) is 5.69 Å². The number of carbonyl (C=O) groups is 2. The summed E-state index contributed by atoms with van der Waals surface area (Å²) in [7, 11) is 0. The van der Waals surface area contributed by atoms with Crippen LogP contribution in [-0.2, 0) is 17.6 Å². The lowest BCUT2D eigenvalue weighted by Gasteiger charge is -2.25. The third kappa shape index (κ3) is 3.12. The van der Waals surface area contributed by atoms with Crippen LogP contribution in [-0.4, -0.2) is 35.8 Å². The normalized spacial score (nSPS) is 18.9. The van der Waals surface area contributed by atoms with Gasteiger partial charge in [-0.2, -0.15) is 0 Å². The molecule has 26 heavy (non-hydrogen) atoms. The van der Waals surface area contributed by atoms with Gasteiger partial charge in [-0.1, -0.05) is 30.3 Å². The number of benzene rings is 2. The zero-order valence-corrected chi connectivity index (χ0v) is 15.1. The molecule has 1 atom stereocenters. The van der Waals surface area contributed by atoms with Crippen molar-refractivity contribution in [3.05, 3.63) is 65.2 Å². The first-order valence-electron chi connectivity index (χ1n) is 9.39. The number of hydrogen-bond acceptors (Lipinski definition) is 2. The molecular weight excluding hydrogens is 324 g/mol. The van der Waals surface area contributed by atoms with Crippen molar-refractivity contribution in [1.29, 1.82) is 0 Å². The summed E-state index contributed by atoms with van der Waals surface area (Å²) in [6, 6.07) is 16.5. The van der Waals surface area contributed by atoms with Crippen LogP contribution in [0.15, 0.2) is 48.5 Å². The average Bonchev–Trinajstić information content (AvgIpc) is 3.28. The predicted molar refractivity (Wildman–Crippen MR) is 102 cm³/mol. The fraction of sp³-hybridized carbons (Fsp3) is 0.364. The molecule has 2 heterocycles. The second-order valence-corrected chi connectivity index (χ2v) is 7.25. The molecule has 2 aromatic rings. The van der Waals surface area contributed by atoms with E-state index in [1.807, 2.05) is 29.2 Å². The standard InChI is InChI=1S/C22H24N2O2/c1-16(25)23-13-11-18-15-19(9-10-21(18)23)22(26)24-12-5-8-20(24)14-17-6-3-2-4-7-17/h2-4,6-7,9-10,15,20H,5,8,11-14H2,1H3. The number of rotatable bonds is 3. The fourth-order valence-electron chi connectivity index (χ4n) is 4.23. The third-order valence-corrected chi connectivity index (χ3v) is 5.55. The first kappa shape index (κ1) is 16.8. The average molecular weight is 348 g/mol. The maximum absolute atomic E-state index is 13.1. The first-order chi connectivity index (χ1) is 12.6. The minimum absolute atomic E-state index is 0.0605. The Kier molecular flexibility index (Phi) is 4.49. The van der Waals surface area contributed by atoms with E-state index in [-0.39, 0.29) is 17.9 Å². The molecule has 0 bridgehead atoms. The number of hydrogen-bond donors (Lipinski definition) is 0. The number of nitrogens with zero attached hydrogens (tertiary/aromatic N) is 2. The van der Waals surface area contributed by atoms with Gasteiger partial charge in [-0.15, -0.1) is 0 Å². The Morgan fingerprint density at radius 3 is 2.65 bits per heavy atom. The number of anilines is 1. The summed E-state index contributed by atoms with van der Waals surface area (Å²) in [6.07, 6.45) is 3.86. The smallest absolute Gasteiger partial charge is 0.254 e. The van der Waals surface area contributed by atoms with Crippen LogP contribution >= 0.6 is 0 Å². The van der Waals surface area contributed by atoms with E-state index < -0.39 is 0 Å². The van der Waals surface area contributed by atoms with Crippen molar-refractivity contribution >= 4 is 17.5 Å². The SMILES string of the molecule is CC(=O)N1CCc2cc(C(=O)N3CCCC3Cc3ccccc3)ccc21. The molecule has 0 N–H and O–H groups in total. The Labute approximate surface area is 154 Å². The molecule has 134 valence electrons. The van der Waals surface area contributed by atoms with E-state index in [1.54, 1.807) is 11.8 Å². The number of carbonyl (C=O) groups excluding carboxylic acids is 2. The van der Waals surface area contributed by atoms with Gasteiger partial charge in [-0.25, -0.2) is 0 Å². The van der Waals surface area contributed by atoms with Gasteiger partial charge in [0.2, 0.25) is 5.91 Å². The van der Waals surface area contributed by atoms with Gasteiger partial charge in [0.1, 0.15) is 0 Å². The zero-order chi connectivity index (χ0) is 18.1. The molecule has 2 aliphatic heterocycles. The van der Waals surface area contributed by atoms with Gasteiger partial charge < -0.3 is 9.80 Å². The Bertz CT molecular complexity index is 831. The topological polar surface area (TPSA) is 40.6 Å². The van der Waals surface area contributed by atoms with Gasteiger partial charge >= 0.3 is 0 Å². The highest BCUT2D eigenvalue weighted by Crippen LogP contribution is 2.30. The van der Waals surface area contributed by atoms with E-state index in [4.69, 9.17) is 0 Å². The molecule has 0 aromatic heterocycles. The Morgan fingerprint density at radius 2 is 1.88 bits per heavy atom. The van der Waals surface area contributed by atoms with Crippen molar-refractivity contribution in [3.8, 4) is 0 Å². The molecule has 0 aliphatic carbocycles. The molecule has 4 heteroatoms. The highest BCUT2D eigenvalue weighted by Gasteiger charge is 2.30. The maximum atomic E-state index is 13.1. The summed E-state index contributed by atoms with van der Waals surface area (Å²) in [4.78, 5) is 28.6. The molecule has 1 unspecified atom stereocenters. The third-order valence-electron chi connectivity index (χ3n) is 5.55. The molecule has 4 rings (SSSR count). The maximum Gasteiger partial charge on any atom is 0.254 e. The Morgan fingerprint density at radius 1 is 1.08 bits per heavy atom. The lowest BCUT2D eigenvalue weighted by molar-refractivity contribution is -0.116. The molecule has 0 spiro atoms. The first-order valence-corrected chi connectivity index (χ1v) is 9.39. The zero-order valence-electron chi connectivity index (χ0n) is 15.1. The van der Waals surface area contributed by atoms with Crippen LogP contribution < -0.4 is 4.90 Å². The van der Waals surface area contributed by atoms with Crippen molar-refractivity contribution in [2.45, 2.75) is 38.6 Å². The Hall–Kier alpha value is -2.62. The van der Waals surface area contributed by atoms with Crippen molar-refractivity contribution in [1.82, 2.24) is 4.90 Å². The van der Waals surface area contributed by atoms with Crippen LogP contribution in [0.2, 0.25) is 0 Å². The molecule has 2 aliphatic rings. The summed E-state index contributed by atoms with van der Waals surface area (Å²) in [5.74, 6) is 0.179. The van der Waals surface area contributed by atoms with Crippen molar-refractivity contribution in [2.75, 3.05) is 18.0 Å². The minimum atomic E-state index is 0.0605. The van der Waals surface area contributed by atoms with E-state index in [0.29, 0.717) is 6.54 Å². The molecule has 0 saturated carbocycles. The summed E-state index contributed by atoms with van der Waals surface area (Å²) >= 11 is 0. The lowest BCUT2D eigenvalue weighted by Crippen LogP contribution is -2.36. The summed E-state index contributed by atoms with van der Waals surface area (Å²) in [5.41, 5.74) is 4.08. The summed E-state index contributed by atoms with van der Waals surface area (Å²) in [6.45, 7) is 3.13. The van der Waals surface area contributed by atoms with E-state index >= 15 is 0 Å². The van der Waals surface area contributed by atoms with Crippen LogP contribution in [0.3, 0.4) is 0 Å². The van der Waals surface area contributed by atoms with Crippen LogP contribution in [0.1, 0.15) is 41.3 Å². The largest absolute Gasteiger partial charge is 0.335 e. The van der Waals surface area contributed by atoms with Crippen LogP contribution in [0.5, 0.6) is 0 Å². The van der Waals surface area contributed by atoms with E-state index in [1.165, 1.54) is 5.56 Å². The lowest BCUT2D eigenvalue weighted by atomic mass is 10.0. The second-order valence-electron chi connectivity index (χ2n) is 7.25. The van der Waals surface area contributed by atoms with E-state index in [0.717, 1.165) is 49.0 Å². The van der Waals surface area contributed by atoms with E-state index in [9.17, 15) is 9.59 Å². The minimum Gasteiger partial charge on any atom is -0.335 e. The highest BCUT2D eigenvalue weighted by molar-refractivity contribution is 5.98. The quantitative estimate of drug-likeness (QED) is 0.852. The Balaban J connectivity index is 1.53. The number of amides is 2. The highest BCUT2D eigenvalue weighted by atomic mass is 16.2. The molecule has 1 saturated heterocycles. The van der Waals surface area contributed by atoms with Gasteiger partial charge in [-0.3, -0.25) is 9.59 Å². The molecule has 2 amide bonds. The van der Waals surface area contributed by atoms with Crippen molar-refractivity contribution in [3.63, 3.8) is 0 Å². The van der Waals surface area contributed by atoms with Gasteiger partial charge in [0, 0.05) is 37.3 Å². The predicted octanol–water partition coefficient (Wildman–Crippen LogP) is 3.44. The molecule has 2 aromatic carbocycles. The molecule has 1 fully saturated rings.